The van der Waals surface area contributed by atoms with Crippen LogP contribution in [0.3, 0.4) is 0 Å². The van der Waals surface area contributed by atoms with Crippen molar-refractivity contribution in [2.45, 2.75) is 13.0 Å². The Morgan fingerprint density at radius 3 is 2.53 bits per heavy atom. The third kappa shape index (κ3) is 2.02. The Balaban J connectivity index is 2.25. The summed E-state index contributed by atoms with van der Waals surface area (Å²) in [5.41, 5.74) is 1.00. The molecule has 3 nitrogen and oxygen atoms in total. The van der Waals surface area contributed by atoms with Crippen LogP contribution in [0.25, 0.3) is 0 Å². The number of likely N-dealkylation sites (N-methyl/N-ethyl adjacent to an activating group) is 1. The lowest BCUT2D eigenvalue weighted by atomic mass is 10.1. The average Bonchev–Trinajstić information content (AvgIpc) is 2.17. The summed E-state index contributed by atoms with van der Waals surface area (Å²) in [4.78, 5) is 15.9. The van der Waals surface area contributed by atoms with E-state index in [-0.39, 0.29) is 11.9 Å². The van der Waals surface area contributed by atoms with Crippen LogP contribution in [0.2, 0.25) is 0 Å². The number of carbonyl (C=O) groups excluding carboxylic acids is 1. The number of hydrogen-bond donors (Lipinski definition) is 0. The molecule has 1 fully saturated rings. The summed E-state index contributed by atoms with van der Waals surface area (Å²) in [5.74, 6) is 0.183. The van der Waals surface area contributed by atoms with E-state index in [1.807, 2.05) is 42.3 Å². The predicted molar refractivity (Wildman–Crippen MR) is 60.9 cm³/mol. The summed E-state index contributed by atoms with van der Waals surface area (Å²) < 4.78 is 0. The largest absolute Gasteiger partial charge is 0.307 e. The van der Waals surface area contributed by atoms with Crippen LogP contribution in [0, 0.1) is 0 Å². The summed E-state index contributed by atoms with van der Waals surface area (Å²) in [6, 6.07) is 10.1. The normalized spacial score (nSPS) is 23.2. The Hall–Kier alpha value is -1.35. The van der Waals surface area contributed by atoms with Crippen LogP contribution >= 0.6 is 0 Å². The zero-order chi connectivity index (χ0) is 10.8. The Kier molecular flexibility index (Phi) is 2.73. The fraction of sp³-hybridized carbons (Fsp3) is 0.417. The highest BCUT2D eigenvalue weighted by molar-refractivity contribution is 5.96. The topological polar surface area (TPSA) is 23.6 Å². The molecule has 0 bridgehead atoms. The van der Waals surface area contributed by atoms with Crippen molar-refractivity contribution in [1.29, 1.82) is 0 Å². The number of para-hydroxylation sites is 1. The minimum atomic E-state index is 0.183. The molecule has 1 unspecified atom stereocenters. The highest BCUT2D eigenvalue weighted by atomic mass is 16.2. The molecule has 15 heavy (non-hydrogen) atoms. The van der Waals surface area contributed by atoms with Crippen molar-refractivity contribution >= 4 is 11.6 Å². The van der Waals surface area contributed by atoms with E-state index < -0.39 is 0 Å². The van der Waals surface area contributed by atoms with E-state index in [0.29, 0.717) is 6.54 Å². The molecule has 1 atom stereocenters. The minimum absolute atomic E-state index is 0.183. The van der Waals surface area contributed by atoms with Gasteiger partial charge in [-0.15, -0.1) is 0 Å². The first-order valence-electron chi connectivity index (χ1n) is 5.24. The molecule has 0 spiro atoms. The van der Waals surface area contributed by atoms with Gasteiger partial charge in [-0.1, -0.05) is 18.2 Å². The lowest BCUT2D eigenvalue weighted by Gasteiger charge is -2.37. The maximum atomic E-state index is 11.9. The van der Waals surface area contributed by atoms with E-state index >= 15 is 0 Å². The summed E-state index contributed by atoms with van der Waals surface area (Å²) in [7, 11) is 1.98. The van der Waals surface area contributed by atoms with E-state index in [4.69, 9.17) is 0 Å². The molecular weight excluding hydrogens is 188 g/mol. The molecule has 1 aliphatic rings. The molecule has 0 radical (unpaired) electrons. The first-order valence-corrected chi connectivity index (χ1v) is 5.24. The van der Waals surface area contributed by atoms with Crippen molar-refractivity contribution in [1.82, 2.24) is 4.90 Å². The first-order chi connectivity index (χ1) is 7.18. The third-order valence-electron chi connectivity index (χ3n) is 2.72. The van der Waals surface area contributed by atoms with Gasteiger partial charge in [0.1, 0.15) is 0 Å². The maximum Gasteiger partial charge on any atom is 0.241 e. The Bertz CT molecular complexity index is 350. The second kappa shape index (κ2) is 4.03. The van der Waals surface area contributed by atoms with Crippen molar-refractivity contribution in [3.63, 3.8) is 0 Å². The SMILES string of the molecule is CC1CN(C)CC(=O)N1c1ccccc1. The van der Waals surface area contributed by atoms with Crippen LogP contribution in [-0.2, 0) is 4.79 Å². The highest BCUT2D eigenvalue weighted by Gasteiger charge is 2.28. The summed E-state index contributed by atoms with van der Waals surface area (Å²) in [5, 5.41) is 0. The summed E-state index contributed by atoms with van der Waals surface area (Å²) in [6.07, 6.45) is 0. The van der Waals surface area contributed by atoms with Crippen LogP contribution in [-0.4, -0.2) is 37.0 Å². The average molecular weight is 204 g/mol. The molecule has 0 saturated carbocycles. The summed E-state index contributed by atoms with van der Waals surface area (Å²) in [6.45, 7) is 3.53. The number of amides is 1. The van der Waals surface area contributed by atoms with Crippen molar-refractivity contribution in [3.05, 3.63) is 30.3 Å². The van der Waals surface area contributed by atoms with E-state index in [1.54, 1.807) is 0 Å². The monoisotopic (exact) mass is 204 g/mol. The van der Waals surface area contributed by atoms with Crippen molar-refractivity contribution in [3.8, 4) is 0 Å². The van der Waals surface area contributed by atoms with Crippen molar-refractivity contribution in [2.24, 2.45) is 0 Å². The Morgan fingerprint density at radius 1 is 1.27 bits per heavy atom. The van der Waals surface area contributed by atoms with Crippen LogP contribution in [0.4, 0.5) is 5.69 Å². The van der Waals surface area contributed by atoms with E-state index in [2.05, 4.69) is 11.8 Å². The summed E-state index contributed by atoms with van der Waals surface area (Å²) >= 11 is 0. The lowest BCUT2D eigenvalue weighted by molar-refractivity contribution is -0.121. The molecular formula is C12H16N2O. The third-order valence-corrected chi connectivity index (χ3v) is 2.72. The van der Waals surface area contributed by atoms with Gasteiger partial charge in [0.15, 0.2) is 0 Å². The number of nitrogens with zero attached hydrogens (tertiary/aromatic N) is 2. The van der Waals surface area contributed by atoms with E-state index in [0.717, 1.165) is 12.2 Å². The first kappa shape index (κ1) is 10.2. The minimum Gasteiger partial charge on any atom is -0.307 e. The molecule has 1 aromatic carbocycles. The number of anilines is 1. The van der Waals surface area contributed by atoms with Gasteiger partial charge in [-0.05, 0) is 26.1 Å². The van der Waals surface area contributed by atoms with Gasteiger partial charge in [-0.3, -0.25) is 9.69 Å². The van der Waals surface area contributed by atoms with Crippen molar-refractivity contribution in [2.75, 3.05) is 25.0 Å². The number of carbonyl (C=O) groups is 1. The van der Waals surface area contributed by atoms with Gasteiger partial charge < -0.3 is 4.90 Å². The molecule has 0 aliphatic carbocycles. The molecule has 3 heteroatoms. The van der Waals surface area contributed by atoms with Crippen LogP contribution in [0.5, 0.6) is 0 Å². The standard InChI is InChI=1S/C12H16N2O/c1-10-8-13(2)9-12(15)14(10)11-6-4-3-5-7-11/h3-7,10H,8-9H2,1-2H3. The predicted octanol–water partition coefficient (Wildman–Crippen LogP) is 1.35. The maximum absolute atomic E-state index is 11.9. The Morgan fingerprint density at radius 2 is 1.93 bits per heavy atom. The lowest BCUT2D eigenvalue weighted by Crippen LogP contribution is -2.54. The van der Waals surface area contributed by atoms with Crippen molar-refractivity contribution < 1.29 is 4.79 Å². The van der Waals surface area contributed by atoms with Gasteiger partial charge in [0, 0.05) is 18.3 Å². The second-order valence-corrected chi connectivity index (χ2v) is 4.15. The fourth-order valence-corrected chi connectivity index (χ4v) is 2.14. The molecule has 1 saturated heterocycles. The second-order valence-electron chi connectivity index (χ2n) is 4.15. The number of hydrogen-bond acceptors (Lipinski definition) is 2. The Labute approximate surface area is 90.3 Å². The quantitative estimate of drug-likeness (QED) is 0.689. The van der Waals surface area contributed by atoms with E-state index in [1.165, 1.54) is 0 Å². The zero-order valence-electron chi connectivity index (χ0n) is 9.18. The van der Waals surface area contributed by atoms with Gasteiger partial charge in [0.05, 0.1) is 6.54 Å². The van der Waals surface area contributed by atoms with Gasteiger partial charge in [0.2, 0.25) is 5.91 Å². The van der Waals surface area contributed by atoms with E-state index in [9.17, 15) is 4.79 Å². The van der Waals surface area contributed by atoms with Gasteiger partial charge >= 0.3 is 0 Å². The molecule has 2 rings (SSSR count). The number of benzene rings is 1. The molecule has 1 aromatic rings. The number of rotatable bonds is 1. The van der Waals surface area contributed by atoms with Gasteiger partial charge in [-0.25, -0.2) is 0 Å². The number of piperazine rings is 1. The fourth-order valence-electron chi connectivity index (χ4n) is 2.14. The molecule has 1 aliphatic heterocycles. The van der Waals surface area contributed by atoms with Crippen LogP contribution in [0.1, 0.15) is 6.92 Å². The molecule has 1 heterocycles. The highest BCUT2D eigenvalue weighted by Crippen LogP contribution is 2.20. The van der Waals surface area contributed by atoms with Crippen LogP contribution < -0.4 is 4.90 Å². The zero-order valence-corrected chi connectivity index (χ0v) is 9.18. The van der Waals surface area contributed by atoms with Crippen LogP contribution in [0.15, 0.2) is 30.3 Å². The van der Waals surface area contributed by atoms with Gasteiger partial charge in [-0.2, -0.15) is 0 Å². The molecule has 80 valence electrons. The molecule has 0 aromatic heterocycles. The smallest absolute Gasteiger partial charge is 0.241 e. The molecule has 1 amide bonds. The van der Waals surface area contributed by atoms with Gasteiger partial charge in [0.25, 0.3) is 0 Å². The molecule has 0 N–H and O–H groups in total.